The second-order valence-electron chi connectivity index (χ2n) is 5.46. The average Bonchev–Trinajstić information content (AvgIpc) is 3.22. The van der Waals surface area contributed by atoms with Gasteiger partial charge in [0.15, 0.2) is 0 Å². The van der Waals surface area contributed by atoms with Crippen LogP contribution in [0.15, 0.2) is 42.6 Å². The predicted octanol–water partition coefficient (Wildman–Crippen LogP) is 2.30. The Balaban J connectivity index is 0.000000753. The molecule has 2 aliphatic heterocycles. The van der Waals surface area contributed by atoms with Gasteiger partial charge < -0.3 is 9.47 Å². The molecule has 1 fully saturated rings. The Morgan fingerprint density at radius 3 is 2.70 bits per heavy atom. The molecule has 1 saturated heterocycles. The third-order valence-electron chi connectivity index (χ3n) is 4.35. The molecule has 1 amide bonds. The Morgan fingerprint density at radius 1 is 1.26 bits per heavy atom. The van der Waals surface area contributed by atoms with Crippen LogP contribution in [0.5, 0.6) is 0 Å². The number of rotatable bonds is 1. The molecule has 1 unspecified atom stereocenters. The molecule has 0 radical (unpaired) electrons. The molecule has 5 nitrogen and oxygen atoms in total. The van der Waals surface area contributed by atoms with E-state index in [4.69, 9.17) is 5.26 Å². The van der Waals surface area contributed by atoms with Gasteiger partial charge in [-0.1, -0.05) is 44.2 Å². The number of nitrogens with zero attached hydrogens (tertiary/aromatic N) is 3. The van der Waals surface area contributed by atoms with Gasteiger partial charge in [0.1, 0.15) is 17.4 Å². The standard InChI is InChI=1S/C16H14N4O.C2H6/c17-9-12-8-14-15(21)20-7-6-18-16(20,11-19(14)10-12)13-4-2-1-3-5-13;1-2/h1-5,8,10,18H,6-7,11H2;1-2H3. The van der Waals surface area contributed by atoms with Gasteiger partial charge in [-0.25, -0.2) is 0 Å². The molecule has 1 atom stereocenters. The molecule has 1 aromatic heterocycles. The predicted molar refractivity (Wildman–Crippen MR) is 87.7 cm³/mol. The Hall–Kier alpha value is -2.58. The first-order valence-electron chi connectivity index (χ1n) is 7.97. The van der Waals surface area contributed by atoms with E-state index in [-0.39, 0.29) is 5.91 Å². The quantitative estimate of drug-likeness (QED) is 0.879. The summed E-state index contributed by atoms with van der Waals surface area (Å²) in [5.41, 5.74) is 1.70. The van der Waals surface area contributed by atoms with E-state index in [0.717, 1.165) is 12.1 Å². The topological polar surface area (TPSA) is 61.1 Å². The molecular weight excluding hydrogens is 288 g/mol. The van der Waals surface area contributed by atoms with E-state index in [1.165, 1.54) is 0 Å². The number of carbonyl (C=O) groups excluding carboxylic acids is 1. The summed E-state index contributed by atoms with van der Waals surface area (Å²) >= 11 is 0. The van der Waals surface area contributed by atoms with Gasteiger partial charge >= 0.3 is 0 Å². The van der Waals surface area contributed by atoms with Crippen LogP contribution in [0, 0.1) is 11.3 Å². The zero-order valence-electron chi connectivity index (χ0n) is 13.4. The highest BCUT2D eigenvalue weighted by molar-refractivity contribution is 5.95. The van der Waals surface area contributed by atoms with Gasteiger partial charge in [0, 0.05) is 19.3 Å². The van der Waals surface area contributed by atoms with Crippen molar-refractivity contribution in [3.05, 3.63) is 59.4 Å². The summed E-state index contributed by atoms with van der Waals surface area (Å²) in [7, 11) is 0. The summed E-state index contributed by atoms with van der Waals surface area (Å²) in [6.07, 6.45) is 1.76. The minimum absolute atomic E-state index is 0.0170. The molecule has 2 aliphatic rings. The summed E-state index contributed by atoms with van der Waals surface area (Å²) in [6.45, 7) is 6.08. The van der Waals surface area contributed by atoms with E-state index in [2.05, 4.69) is 11.4 Å². The maximum Gasteiger partial charge on any atom is 0.272 e. The second kappa shape index (κ2) is 5.90. The maximum absolute atomic E-state index is 12.8. The molecule has 4 rings (SSSR count). The fourth-order valence-electron chi connectivity index (χ4n) is 3.41. The highest BCUT2D eigenvalue weighted by Gasteiger charge is 2.49. The van der Waals surface area contributed by atoms with Gasteiger partial charge in [0.05, 0.1) is 12.1 Å². The van der Waals surface area contributed by atoms with Crippen molar-refractivity contribution in [2.75, 3.05) is 13.1 Å². The van der Waals surface area contributed by atoms with Crippen LogP contribution in [0.3, 0.4) is 0 Å². The zero-order chi connectivity index (χ0) is 16.4. The molecule has 23 heavy (non-hydrogen) atoms. The van der Waals surface area contributed by atoms with Crippen LogP contribution in [-0.2, 0) is 12.2 Å². The van der Waals surface area contributed by atoms with E-state index < -0.39 is 5.66 Å². The van der Waals surface area contributed by atoms with E-state index >= 15 is 0 Å². The summed E-state index contributed by atoms with van der Waals surface area (Å²) in [4.78, 5) is 14.6. The molecule has 118 valence electrons. The van der Waals surface area contributed by atoms with Crippen molar-refractivity contribution in [1.29, 1.82) is 5.26 Å². The van der Waals surface area contributed by atoms with E-state index in [0.29, 0.717) is 24.3 Å². The number of nitrogens with one attached hydrogen (secondary N) is 1. The van der Waals surface area contributed by atoms with E-state index in [1.807, 2.05) is 53.6 Å². The van der Waals surface area contributed by atoms with Gasteiger partial charge in [-0.3, -0.25) is 10.1 Å². The van der Waals surface area contributed by atoms with Crippen molar-refractivity contribution in [3.8, 4) is 6.07 Å². The van der Waals surface area contributed by atoms with Crippen LogP contribution in [0.25, 0.3) is 0 Å². The fraction of sp³-hybridized carbons (Fsp3) is 0.333. The Kier molecular flexibility index (Phi) is 3.93. The number of hydrogen-bond acceptors (Lipinski definition) is 3. The van der Waals surface area contributed by atoms with Crippen LogP contribution < -0.4 is 5.32 Å². The van der Waals surface area contributed by atoms with Crippen LogP contribution in [0.2, 0.25) is 0 Å². The maximum atomic E-state index is 12.8. The van der Waals surface area contributed by atoms with E-state index in [9.17, 15) is 4.79 Å². The van der Waals surface area contributed by atoms with E-state index in [1.54, 1.807) is 12.3 Å². The minimum Gasteiger partial charge on any atom is -0.338 e. The molecule has 0 aliphatic carbocycles. The molecule has 2 aromatic rings. The molecule has 5 heteroatoms. The monoisotopic (exact) mass is 308 g/mol. The van der Waals surface area contributed by atoms with Crippen LogP contribution in [0.1, 0.15) is 35.5 Å². The number of amides is 1. The number of hydrogen-bond donors (Lipinski definition) is 1. The van der Waals surface area contributed by atoms with Crippen molar-refractivity contribution in [2.24, 2.45) is 0 Å². The van der Waals surface area contributed by atoms with Gasteiger partial charge in [0.2, 0.25) is 0 Å². The van der Waals surface area contributed by atoms with Crippen LogP contribution in [-0.4, -0.2) is 28.5 Å². The normalized spacial score (nSPS) is 21.8. The van der Waals surface area contributed by atoms with Crippen molar-refractivity contribution < 1.29 is 4.79 Å². The highest BCUT2D eigenvalue weighted by Crippen LogP contribution is 2.36. The fourth-order valence-corrected chi connectivity index (χ4v) is 3.41. The van der Waals surface area contributed by atoms with Gasteiger partial charge in [-0.15, -0.1) is 0 Å². The van der Waals surface area contributed by atoms with Crippen LogP contribution >= 0.6 is 0 Å². The number of fused-ring (bicyclic) bond motifs is 2. The van der Waals surface area contributed by atoms with Gasteiger partial charge in [-0.05, 0) is 11.6 Å². The largest absolute Gasteiger partial charge is 0.338 e. The van der Waals surface area contributed by atoms with Crippen LogP contribution in [0.4, 0.5) is 0 Å². The molecule has 1 N–H and O–H groups in total. The molecule has 3 heterocycles. The lowest BCUT2D eigenvalue weighted by Crippen LogP contribution is -2.57. The molecule has 0 bridgehead atoms. The highest BCUT2D eigenvalue weighted by atomic mass is 16.2. The molecular formula is C18H20N4O. The summed E-state index contributed by atoms with van der Waals surface area (Å²) in [5.74, 6) is -0.0170. The first kappa shape index (κ1) is 15.3. The average molecular weight is 308 g/mol. The molecule has 1 aromatic carbocycles. The van der Waals surface area contributed by atoms with Crippen molar-refractivity contribution in [1.82, 2.24) is 14.8 Å². The zero-order valence-corrected chi connectivity index (χ0v) is 13.4. The lowest BCUT2D eigenvalue weighted by Gasteiger charge is -2.42. The Labute approximate surface area is 136 Å². The molecule has 0 spiro atoms. The summed E-state index contributed by atoms with van der Waals surface area (Å²) in [6, 6.07) is 13.8. The SMILES string of the molecule is CC.N#Cc1cc2n(c1)CC1(c3ccccc3)NCCN1C2=O. The number of carbonyl (C=O) groups is 1. The molecule has 0 saturated carbocycles. The van der Waals surface area contributed by atoms with Gasteiger partial charge in [-0.2, -0.15) is 5.26 Å². The first-order valence-corrected chi connectivity index (χ1v) is 7.97. The summed E-state index contributed by atoms with van der Waals surface area (Å²) < 4.78 is 1.89. The Morgan fingerprint density at radius 2 is 2.00 bits per heavy atom. The third-order valence-corrected chi connectivity index (χ3v) is 4.35. The number of aromatic nitrogens is 1. The third kappa shape index (κ3) is 2.23. The smallest absolute Gasteiger partial charge is 0.272 e. The van der Waals surface area contributed by atoms with Crippen molar-refractivity contribution in [3.63, 3.8) is 0 Å². The lowest BCUT2D eigenvalue weighted by molar-refractivity contribution is 0.0398. The second-order valence-corrected chi connectivity index (χ2v) is 5.46. The Bertz CT molecular complexity index is 759. The lowest BCUT2D eigenvalue weighted by atomic mass is 9.96. The van der Waals surface area contributed by atoms with Crippen molar-refractivity contribution in [2.45, 2.75) is 26.1 Å². The summed E-state index contributed by atoms with van der Waals surface area (Å²) in [5, 5.41) is 12.5. The minimum atomic E-state index is -0.503. The number of nitriles is 1. The van der Waals surface area contributed by atoms with Gasteiger partial charge in [0.25, 0.3) is 5.91 Å². The van der Waals surface area contributed by atoms with Crippen molar-refractivity contribution >= 4 is 5.91 Å². The number of benzene rings is 1. The first-order chi connectivity index (χ1) is 11.2.